The molecule has 8 aliphatic rings. The van der Waals surface area contributed by atoms with Gasteiger partial charge in [-0.05, 0) is 41.5 Å². The Bertz CT molecular complexity index is 2280. The van der Waals surface area contributed by atoms with E-state index in [0.717, 1.165) is 13.8 Å². The predicted octanol–water partition coefficient (Wildman–Crippen LogP) is -12.0. The van der Waals surface area contributed by atoms with Crippen LogP contribution in [0.5, 0.6) is 0 Å². The van der Waals surface area contributed by atoms with Gasteiger partial charge in [0.15, 0.2) is 50.3 Å². The van der Waals surface area contributed by atoms with Crippen LogP contribution in [0.3, 0.4) is 0 Å². The zero-order valence-electron chi connectivity index (χ0n) is 49.5. The molecule has 37 heteroatoms. The minimum atomic E-state index is -2.20. The van der Waals surface area contributed by atoms with Crippen molar-refractivity contribution in [2.75, 3.05) is 13.2 Å². The molecule has 8 aliphatic heterocycles. The first-order valence-corrected chi connectivity index (χ1v) is 29.3. The summed E-state index contributed by atoms with van der Waals surface area (Å²) in [6.07, 6.45) is -67.6. The van der Waals surface area contributed by atoms with E-state index in [9.17, 15) is 102 Å². The van der Waals surface area contributed by atoms with E-state index in [0.29, 0.717) is 0 Å². The minimum absolute atomic E-state index is 0.809. The third-order valence-electron chi connectivity index (χ3n) is 17.2. The smallest absolute Gasteiger partial charge is 0.217 e. The fourth-order valence-electron chi connectivity index (χ4n) is 11.9. The third kappa shape index (κ3) is 15.3. The second-order valence-electron chi connectivity index (χ2n) is 23.7. The number of nitrogens with one attached hydrogen (secondary N) is 2. The molecule has 0 aromatic rings. The van der Waals surface area contributed by atoms with Crippen LogP contribution in [0.4, 0.5) is 0 Å². The highest BCUT2D eigenvalue weighted by Gasteiger charge is 2.60. The molecule has 40 atom stereocenters. The van der Waals surface area contributed by atoms with Crippen LogP contribution in [-0.2, 0) is 80.6 Å². The van der Waals surface area contributed by atoms with Crippen LogP contribution in [0.15, 0.2) is 0 Å². The van der Waals surface area contributed by atoms with Crippen LogP contribution < -0.4 is 10.6 Å². The van der Waals surface area contributed by atoms with Gasteiger partial charge in [-0.15, -0.1) is 0 Å². The van der Waals surface area contributed by atoms with E-state index in [1.54, 1.807) is 0 Å². The van der Waals surface area contributed by atoms with Crippen LogP contribution in [0, 0.1) is 0 Å². The molecule has 0 radical (unpaired) electrons. The molecule has 8 heterocycles. The predicted molar refractivity (Wildman–Crippen MR) is 279 cm³/mol. The van der Waals surface area contributed by atoms with E-state index in [4.69, 9.17) is 71.1 Å². The van der Waals surface area contributed by atoms with Crippen molar-refractivity contribution >= 4 is 11.8 Å². The topological polar surface area (TPSA) is 561 Å². The minimum Gasteiger partial charge on any atom is -0.394 e. The maximum absolute atomic E-state index is 13.0. The Balaban J connectivity index is 1.05. The summed E-state index contributed by atoms with van der Waals surface area (Å²) in [5.41, 5.74) is 0. The molecule has 89 heavy (non-hydrogen) atoms. The molecule has 8 rings (SSSR count). The van der Waals surface area contributed by atoms with Gasteiger partial charge in [-0.3, -0.25) is 9.59 Å². The Morgan fingerprint density at radius 1 is 0.292 bits per heavy atom. The van der Waals surface area contributed by atoms with Crippen molar-refractivity contribution in [2.24, 2.45) is 0 Å². The molecule has 516 valence electrons. The Kier molecular flexibility index (Phi) is 24.5. The van der Waals surface area contributed by atoms with Crippen LogP contribution in [0.1, 0.15) is 55.4 Å². The number of aliphatic hydroxyl groups excluding tert-OH is 18. The molecule has 1 unspecified atom stereocenters. The molecule has 0 aliphatic carbocycles. The van der Waals surface area contributed by atoms with Gasteiger partial charge in [0.05, 0.1) is 49.8 Å². The Morgan fingerprint density at radius 2 is 0.573 bits per heavy atom. The van der Waals surface area contributed by atoms with Crippen molar-refractivity contribution in [3.63, 3.8) is 0 Å². The second kappa shape index (κ2) is 30.1. The summed E-state index contributed by atoms with van der Waals surface area (Å²) in [4.78, 5) is 25.8. The fraction of sp³-hybridized carbons (Fsp3) is 0.962. The Hall–Kier alpha value is -2.38. The quantitative estimate of drug-likeness (QED) is 0.0606. The normalized spacial score (nSPS) is 53.4. The number of hydrogen-bond donors (Lipinski definition) is 20. The number of hydrogen-bond acceptors (Lipinski definition) is 35. The lowest BCUT2D eigenvalue weighted by Crippen LogP contribution is -2.70. The van der Waals surface area contributed by atoms with Crippen molar-refractivity contribution in [3.8, 4) is 0 Å². The van der Waals surface area contributed by atoms with E-state index in [1.807, 2.05) is 0 Å². The summed E-state index contributed by atoms with van der Waals surface area (Å²) in [5.74, 6) is -1.65. The zero-order valence-corrected chi connectivity index (χ0v) is 49.5. The lowest BCUT2D eigenvalue weighted by molar-refractivity contribution is -0.402. The van der Waals surface area contributed by atoms with Gasteiger partial charge >= 0.3 is 0 Å². The van der Waals surface area contributed by atoms with E-state index in [1.165, 1.54) is 41.5 Å². The Morgan fingerprint density at radius 3 is 0.944 bits per heavy atom. The third-order valence-corrected chi connectivity index (χ3v) is 17.2. The van der Waals surface area contributed by atoms with Gasteiger partial charge in [-0.25, -0.2) is 0 Å². The molecule has 0 bridgehead atoms. The number of carbonyl (C=O) groups excluding carboxylic acids is 2. The highest BCUT2D eigenvalue weighted by molar-refractivity contribution is 5.73. The molecule has 0 aromatic carbocycles. The average molecular weight is 1300 g/mol. The maximum Gasteiger partial charge on any atom is 0.217 e. The van der Waals surface area contributed by atoms with E-state index in [2.05, 4.69) is 10.6 Å². The first kappa shape index (κ1) is 72.4. The highest BCUT2D eigenvalue weighted by Crippen LogP contribution is 2.39. The average Bonchev–Trinajstić information content (AvgIpc) is 1.16. The van der Waals surface area contributed by atoms with Crippen LogP contribution >= 0.6 is 0 Å². The van der Waals surface area contributed by atoms with Gasteiger partial charge in [0.1, 0.15) is 159 Å². The second-order valence-corrected chi connectivity index (χ2v) is 23.7. The lowest BCUT2D eigenvalue weighted by Gasteiger charge is -2.51. The molecule has 8 saturated heterocycles. The number of rotatable bonds is 18. The number of carbonyl (C=O) groups is 2. The first-order valence-electron chi connectivity index (χ1n) is 29.3. The van der Waals surface area contributed by atoms with Crippen LogP contribution in [-0.4, -0.2) is 362 Å². The Labute approximate surface area is 508 Å². The monoisotopic (exact) mass is 1300 g/mol. The largest absolute Gasteiger partial charge is 0.394 e. The molecule has 0 saturated carbocycles. The molecular weight excluding hydrogens is 1210 g/mol. The molecular formula is C52H88N2O35. The van der Waals surface area contributed by atoms with Gasteiger partial charge in [0, 0.05) is 13.8 Å². The van der Waals surface area contributed by atoms with Gasteiger partial charge in [-0.2, -0.15) is 0 Å². The molecule has 0 aromatic heterocycles. The van der Waals surface area contributed by atoms with Crippen molar-refractivity contribution in [2.45, 2.75) is 301 Å². The van der Waals surface area contributed by atoms with Crippen molar-refractivity contribution in [3.05, 3.63) is 0 Å². The molecule has 37 nitrogen and oxygen atoms in total. The SMILES string of the molecule is CC(=O)N[C@H]1[C@H](O[C@H]2[C@H](O[C@H]3[C@H](O[C@@H]4[C@@H](O)[C@H](C)O[C@@H](O[C@H]5[C@H](O)[C@@H](CO)O[C@@H](O[C@H]6[C@H](O[C@H]7C(O)O[C@@H](C)[C@H](O)[C@H]7O)O[C@@H](C)[C@H](O)[C@H]6O)[C@@H]5NC(C)=O)[C@@H]4O)O[C@@H](C)[C@H](O)[C@H]3O)O[C@@H](C)[C@H](O)[C@H]2O)O[C@H](CO)[C@@H](O)[C@@H]1O[C@@H]1O[C@@H](C)[C@H](O)[C@@H](O)[C@H]1O. The van der Waals surface area contributed by atoms with Gasteiger partial charge in [0.25, 0.3) is 0 Å². The molecule has 20 N–H and O–H groups in total. The van der Waals surface area contributed by atoms with Crippen LogP contribution in [0.2, 0.25) is 0 Å². The summed E-state index contributed by atoms with van der Waals surface area (Å²) >= 11 is 0. The zero-order chi connectivity index (χ0) is 65.7. The maximum atomic E-state index is 13.0. The number of ether oxygens (including phenoxy) is 15. The fourth-order valence-corrected chi connectivity index (χ4v) is 11.9. The summed E-state index contributed by atoms with van der Waals surface area (Å²) in [6, 6.07) is -3.44. The molecule has 0 spiro atoms. The van der Waals surface area contributed by atoms with Crippen molar-refractivity contribution in [1.29, 1.82) is 0 Å². The van der Waals surface area contributed by atoms with Gasteiger partial charge in [-0.1, -0.05) is 0 Å². The lowest BCUT2D eigenvalue weighted by atomic mass is 9.94. The summed E-state index contributed by atoms with van der Waals surface area (Å²) in [5, 5.41) is 205. The molecule has 2 amide bonds. The van der Waals surface area contributed by atoms with E-state index in [-0.39, 0.29) is 0 Å². The standard InChI is InChI=1S/C52H88N2O35/c1-11-24(60)32(68)41(45(74)75-11)86-51-42(33(69)25(61)14(4)79-51)87-47-22(54-18(8)58)39(30(66)20(10-56)82-47)84-49-37(73)40(28(64)16(6)77-49)85-50-44(35(71)27(63)13(3)78-50)89-52-43(34(70)26(62)15(5)80-52)88-46-21(53-17(7)57)38(29(65)19(9-55)81-46)83-48-36(72)31(67)23(59)12(2)76-48/h11-16,19-52,55-56,59-74H,9-10H2,1-8H3,(H,53,57)(H,54,58)/t11-,12-,13-,14-,15-,16-,19+,20+,21+,22+,23-,24-,25-,26-,27-,28-,29+,30+,31+,32+,33+,34+,35+,36+,37+,38+,39+,40+,41+,42+,43+,44+,45?,46-,47-,48-,49-,50-,51-,52-/m0/s1. The van der Waals surface area contributed by atoms with Gasteiger partial charge < -0.3 is 174 Å². The highest BCUT2D eigenvalue weighted by atomic mass is 16.8. The summed E-state index contributed by atoms with van der Waals surface area (Å²) in [7, 11) is 0. The van der Waals surface area contributed by atoms with Crippen molar-refractivity contribution in [1.82, 2.24) is 10.6 Å². The van der Waals surface area contributed by atoms with Crippen molar-refractivity contribution < 1.29 is 173 Å². The van der Waals surface area contributed by atoms with Crippen LogP contribution in [0.25, 0.3) is 0 Å². The van der Waals surface area contributed by atoms with E-state index >= 15 is 0 Å². The first-order chi connectivity index (χ1) is 41.8. The summed E-state index contributed by atoms with van der Waals surface area (Å²) < 4.78 is 89.1. The summed E-state index contributed by atoms with van der Waals surface area (Å²) in [6.45, 7) is 8.03. The van der Waals surface area contributed by atoms with E-state index < -0.39 is 271 Å². The number of amides is 2. The van der Waals surface area contributed by atoms with Gasteiger partial charge in [0.2, 0.25) is 11.8 Å². The molecule has 8 fully saturated rings. The number of aliphatic hydroxyl groups is 18.